The SMILES string of the molecule is Cc1cnn(-c2ccc(C(=O)Nc3ncccc3OCC3CCCCC3)cc2)c1. The molecule has 2 heterocycles. The highest BCUT2D eigenvalue weighted by Crippen LogP contribution is 2.27. The Balaban J connectivity index is 1.41. The van der Waals surface area contributed by atoms with Crippen molar-refractivity contribution >= 4 is 11.7 Å². The summed E-state index contributed by atoms with van der Waals surface area (Å²) in [6.07, 6.45) is 11.7. The Morgan fingerprint density at radius 3 is 2.69 bits per heavy atom. The molecule has 29 heavy (non-hydrogen) atoms. The third-order valence-electron chi connectivity index (χ3n) is 5.31. The number of benzene rings is 1. The molecule has 3 aromatic rings. The van der Waals surface area contributed by atoms with E-state index in [4.69, 9.17) is 4.74 Å². The van der Waals surface area contributed by atoms with Gasteiger partial charge in [0.25, 0.3) is 5.91 Å². The fraction of sp³-hybridized carbons (Fsp3) is 0.348. The fourth-order valence-electron chi connectivity index (χ4n) is 3.66. The molecular weight excluding hydrogens is 364 g/mol. The van der Waals surface area contributed by atoms with Gasteiger partial charge in [0.05, 0.1) is 18.5 Å². The second kappa shape index (κ2) is 8.90. The number of rotatable bonds is 6. The smallest absolute Gasteiger partial charge is 0.256 e. The molecule has 6 heteroatoms. The molecule has 0 aliphatic heterocycles. The van der Waals surface area contributed by atoms with Crippen LogP contribution < -0.4 is 10.1 Å². The van der Waals surface area contributed by atoms with Gasteiger partial charge in [-0.3, -0.25) is 4.79 Å². The number of nitrogens with zero attached hydrogens (tertiary/aromatic N) is 3. The van der Waals surface area contributed by atoms with Crippen molar-refractivity contribution in [1.82, 2.24) is 14.8 Å². The van der Waals surface area contributed by atoms with E-state index in [2.05, 4.69) is 15.4 Å². The Labute approximate surface area is 170 Å². The van der Waals surface area contributed by atoms with Crippen LogP contribution in [0.5, 0.6) is 5.75 Å². The van der Waals surface area contributed by atoms with E-state index in [1.807, 2.05) is 37.4 Å². The molecule has 0 atom stereocenters. The van der Waals surface area contributed by atoms with Gasteiger partial charge in [0.2, 0.25) is 0 Å². The summed E-state index contributed by atoms with van der Waals surface area (Å²) in [5, 5.41) is 7.17. The number of aromatic nitrogens is 3. The van der Waals surface area contributed by atoms with Crippen molar-refractivity contribution in [1.29, 1.82) is 0 Å². The van der Waals surface area contributed by atoms with Crippen LogP contribution >= 0.6 is 0 Å². The van der Waals surface area contributed by atoms with Crippen molar-refractivity contribution in [2.24, 2.45) is 5.92 Å². The molecular formula is C23H26N4O2. The number of amides is 1. The summed E-state index contributed by atoms with van der Waals surface area (Å²) < 4.78 is 7.79. The fourth-order valence-corrected chi connectivity index (χ4v) is 3.66. The van der Waals surface area contributed by atoms with Gasteiger partial charge in [-0.2, -0.15) is 5.10 Å². The molecule has 6 nitrogen and oxygen atoms in total. The molecule has 2 aromatic heterocycles. The monoisotopic (exact) mass is 390 g/mol. The normalized spacial score (nSPS) is 14.5. The van der Waals surface area contributed by atoms with Crippen molar-refractivity contribution < 1.29 is 9.53 Å². The molecule has 0 bridgehead atoms. The van der Waals surface area contributed by atoms with Gasteiger partial charge in [-0.05, 0) is 67.6 Å². The van der Waals surface area contributed by atoms with E-state index in [0.717, 1.165) is 11.3 Å². The largest absolute Gasteiger partial charge is 0.489 e. The molecule has 1 aromatic carbocycles. The van der Waals surface area contributed by atoms with E-state index in [9.17, 15) is 4.79 Å². The van der Waals surface area contributed by atoms with Crippen molar-refractivity contribution in [3.63, 3.8) is 0 Å². The summed E-state index contributed by atoms with van der Waals surface area (Å²) in [6.45, 7) is 2.67. The van der Waals surface area contributed by atoms with Crippen LogP contribution in [-0.4, -0.2) is 27.3 Å². The Morgan fingerprint density at radius 2 is 1.97 bits per heavy atom. The van der Waals surface area contributed by atoms with Crippen molar-refractivity contribution in [3.05, 3.63) is 66.1 Å². The molecule has 0 unspecified atom stereocenters. The molecule has 1 saturated carbocycles. The lowest BCUT2D eigenvalue weighted by molar-refractivity contribution is 0.102. The number of nitrogens with one attached hydrogen (secondary N) is 1. The number of ether oxygens (including phenoxy) is 1. The second-order valence-corrected chi connectivity index (χ2v) is 7.63. The van der Waals surface area contributed by atoms with E-state index < -0.39 is 0 Å². The molecule has 150 valence electrons. The zero-order valence-electron chi connectivity index (χ0n) is 16.7. The molecule has 1 fully saturated rings. The number of carbonyl (C=O) groups is 1. The maximum atomic E-state index is 12.7. The lowest BCUT2D eigenvalue weighted by Crippen LogP contribution is -2.17. The van der Waals surface area contributed by atoms with Crippen molar-refractivity contribution in [2.75, 3.05) is 11.9 Å². The molecule has 0 saturated heterocycles. The van der Waals surface area contributed by atoms with Gasteiger partial charge in [0.15, 0.2) is 11.6 Å². The summed E-state index contributed by atoms with van der Waals surface area (Å²) in [6, 6.07) is 11.0. The van der Waals surface area contributed by atoms with Gasteiger partial charge in [-0.1, -0.05) is 19.3 Å². The first-order valence-corrected chi connectivity index (χ1v) is 10.2. The minimum atomic E-state index is -0.214. The lowest BCUT2D eigenvalue weighted by atomic mass is 9.90. The van der Waals surface area contributed by atoms with E-state index in [1.54, 1.807) is 29.2 Å². The second-order valence-electron chi connectivity index (χ2n) is 7.63. The highest BCUT2D eigenvalue weighted by molar-refractivity contribution is 6.04. The summed E-state index contributed by atoms with van der Waals surface area (Å²) in [5.74, 6) is 1.45. The van der Waals surface area contributed by atoms with Crippen LogP contribution in [0.15, 0.2) is 55.0 Å². The zero-order valence-corrected chi connectivity index (χ0v) is 16.7. The van der Waals surface area contributed by atoms with E-state index in [-0.39, 0.29) is 5.91 Å². The number of anilines is 1. The van der Waals surface area contributed by atoms with E-state index in [0.29, 0.717) is 29.7 Å². The summed E-state index contributed by atoms with van der Waals surface area (Å²) in [4.78, 5) is 17.0. The number of pyridine rings is 1. The van der Waals surface area contributed by atoms with Gasteiger partial charge in [-0.25, -0.2) is 9.67 Å². The number of aryl methyl sites for hydroxylation is 1. The van der Waals surface area contributed by atoms with Crippen LogP contribution in [0.2, 0.25) is 0 Å². The quantitative estimate of drug-likeness (QED) is 0.657. The van der Waals surface area contributed by atoms with Crippen LogP contribution in [0.4, 0.5) is 5.82 Å². The minimum Gasteiger partial charge on any atom is -0.489 e. The average molecular weight is 390 g/mol. The highest BCUT2D eigenvalue weighted by atomic mass is 16.5. The summed E-state index contributed by atoms with van der Waals surface area (Å²) in [5.41, 5.74) is 2.55. The Morgan fingerprint density at radius 1 is 1.17 bits per heavy atom. The Hall–Kier alpha value is -3.15. The Bertz CT molecular complexity index is 959. The van der Waals surface area contributed by atoms with Crippen LogP contribution in [0, 0.1) is 12.8 Å². The highest BCUT2D eigenvalue weighted by Gasteiger charge is 2.16. The number of hydrogen-bond donors (Lipinski definition) is 1. The van der Waals surface area contributed by atoms with Gasteiger partial charge in [-0.15, -0.1) is 0 Å². The summed E-state index contributed by atoms with van der Waals surface area (Å²) in [7, 11) is 0. The number of hydrogen-bond acceptors (Lipinski definition) is 4. The van der Waals surface area contributed by atoms with Crippen LogP contribution in [0.25, 0.3) is 5.69 Å². The summed E-state index contributed by atoms with van der Waals surface area (Å²) >= 11 is 0. The Kier molecular flexibility index (Phi) is 5.89. The maximum absolute atomic E-state index is 12.7. The number of carbonyl (C=O) groups excluding carboxylic acids is 1. The first-order chi connectivity index (χ1) is 14.2. The molecule has 0 spiro atoms. The third-order valence-corrected chi connectivity index (χ3v) is 5.31. The van der Waals surface area contributed by atoms with Gasteiger partial charge in [0, 0.05) is 18.0 Å². The van der Waals surface area contributed by atoms with Crippen molar-refractivity contribution in [2.45, 2.75) is 39.0 Å². The van der Waals surface area contributed by atoms with Crippen LogP contribution in [0.3, 0.4) is 0 Å². The van der Waals surface area contributed by atoms with Crippen LogP contribution in [-0.2, 0) is 0 Å². The van der Waals surface area contributed by atoms with Crippen LogP contribution in [0.1, 0.15) is 48.0 Å². The lowest BCUT2D eigenvalue weighted by Gasteiger charge is -2.22. The predicted octanol–water partition coefficient (Wildman–Crippen LogP) is 4.79. The van der Waals surface area contributed by atoms with Gasteiger partial charge < -0.3 is 10.1 Å². The molecule has 1 aliphatic rings. The van der Waals surface area contributed by atoms with E-state index in [1.165, 1.54) is 32.1 Å². The first-order valence-electron chi connectivity index (χ1n) is 10.2. The predicted molar refractivity (Wildman–Crippen MR) is 113 cm³/mol. The first kappa shape index (κ1) is 19.2. The van der Waals surface area contributed by atoms with E-state index >= 15 is 0 Å². The van der Waals surface area contributed by atoms with Gasteiger partial charge in [0.1, 0.15) is 0 Å². The third kappa shape index (κ3) is 4.83. The molecule has 0 radical (unpaired) electrons. The maximum Gasteiger partial charge on any atom is 0.256 e. The topological polar surface area (TPSA) is 69.0 Å². The zero-order chi connectivity index (χ0) is 20.1. The molecule has 4 rings (SSSR count). The molecule has 1 aliphatic carbocycles. The van der Waals surface area contributed by atoms with Gasteiger partial charge >= 0.3 is 0 Å². The molecule has 1 amide bonds. The molecule has 1 N–H and O–H groups in total. The van der Waals surface area contributed by atoms with Crippen molar-refractivity contribution in [3.8, 4) is 11.4 Å². The average Bonchev–Trinajstić information content (AvgIpc) is 3.20. The standard InChI is InChI=1S/C23H26N4O2/c1-17-14-25-27(15-17)20-11-9-19(10-12-20)23(28)26-22-21(8-5-13-24-22)29-16-18-6-3-2-4-7-18/h5,8-15,18H,2-4,6-7,16H2,1H3,(H,24,26,28). The minimum absolute atomic E-state index is 0.214.